The summed E-state index contributed by atoms with van der Waals surface area (Å²) in [6.07, 6.45) is 6.94. The van der Waals surface area contributed by atoms with Crippen molar-refractivity contribution in [2.45, 2.75) is 58.8 Å². The molecule has 0 spiro atoms. The van der Waals surface area contributed by atoms with Gasteiger partial charge in [0.05, 0.1) is 11.3 Å². The largest absolute Gasteiger partial charge is 0.396 e. The van der Waals surface area contributed by atoms with Crippen LogP contribution in [0.15, 0.2) is 24.3 Å². The summed E-state index contributed by atoms with van der Waals surface area (Å²) in [4.78, 5) is 24.9. The molecule has 1 aromatic rings. The number of unbranched alkanes of at least 4 members (excludes halogenated alkanes) is 1. The van der Waals surface area contributed by atoms with E-state index < -0.39 is 5.82 Å². The molecule has 1 unspecified atom stereocenters. The fraction of sp³-hybridized carbons (Fsp3) is 0.455. The molecule has 0 aliphatic heterocycles. The molecule has 0 bridgehead atoms. The number of carbonyl (C=O) groups is 2. The predicted molar refractivity (Wildman–Crippen MR) is 102 cm³/mol. The van der Waals surface area contributed by atoms with Gasteiger partial charge < -0.3 is 5.73 Å². The monoisotopic (exact) mass is 355 g/mol. The van der Waals surface area contributed by atoms with Gasteiger partial charge in [-0.1, -0.05) is 25.8 Å². The number of fused-ring (bicyclic) bond motifs is 3. The second-order valence-electron chi connectivity index (χ2n) is 7.56. The number of nitrogens with two attached hydrogens (primary N) is 1. The van der Waals surface area contributed by atoms with E-state index in [9.17, 15) is 14.0 Å². The molecule has 2 N–H and O–H groups in total. The van der Waals surface area contributed by atoms with Gasteiger partial charge in [0, 0.05) is 11.8 Å². The van der Waals surface area contributed by atoms with Crippen molar-refractivity contribution in [1.29, 1.82) is 0 Å². The minimum Gasteiger partial charge on any atom is -0.396 e. The first kappa shape index (κ1) is 18.6. The van der Waals surface area contributed by atoms with Gasteiger partial charge in [-0.05, 0) is 60.9 Å². The van der Waals surface area contributed by atoms with Crippen molar-refractivity contribution in [2.75, 3.05) is 5.73 Å². The molecule has 26 heavy (non-hydrogen) atoms. The smallest absolute Gasteiger partial charge is 0.166 e. The second kappa shape index (κ2) is 6.82. The molecular formula is C22H26FNO2. The maximum Gasteiger partial charge on any atom is 0.166 e. The van der Waals surface area contributed by atoms with Gasteiger partial charge in [0.25, 0.3) is 0 Å². The number of carbonyl (C=O) groups excluding carboxylic acids is 2. The molecule has 1 atom stereocenters. The highest BCUT2D eigenvalue weighted by Crippen LogP contribution is 2.57. The van der Waals surface area contributed by atoms with Gasteiger partial charge in [-0.2, -0.15) is 0 Å². The number of Topliss-reactive ketones (excluding diaryl/α,β-unsaturated/α-hetero) is 2. The zero-order valence-electron chi connectivity index (χ0n) is 15.6. The Morgan fingerprint density at radius 3 is 2.81 bits per heavy atom. The van der Waals surface area contributed by atoms with Crippen molar-refractivity contribution in [3.8, 4) is 0 Å². The van der Waals surface area contributed by atoms with Crippen LogP contribution in [-0.4, -0.2) is 11.6 Å². The maximum absolute atomic E-state index is 14.6. The summed E-state index contributed by atoms with van der Waals surface area (Å²) < 4.78 is 14.6. The van der Waals surface area contributed by atoms with Gasteiger partial charge in [0.2, 0.25) is 0 Å². The second-order valence-corrected chi connectivity index (χ2v) is 7.56. The van der Waals surface area contributed by atoms with Crippen LogP contribution in [0.1, 0.15) is 62.6 Å². The molecule has 138 valence electrons. The minimum absolute atomic E-state index is 0.116. The number of allylic oxidation sites excluding steroid dienone is 3. The van der Waals surface area contributed by atoms with E-state index in [1.54, 1.807) is 6.08 Å². The Morgan fingerprint density at radius 2 is 2.19 bits per heavy atom. The molecule has 0 aromatic heterocycles. The molecule has 0 amide bonds. The molecule has 3 rings (SSSR count). The van der Waals surface area contributed by atoms with Crippen LogP contribution < -0.4 is 5.73 Å². The first-order valence-corrected chi connectivity index (χ1v) is 9.36. The zero-order chi connectivity index (χ0) is 19.1. The van der Waals surface area contributed by atoms with Crippen LogP contribution in [0.4, 0.5) is 10.1 Å². The lowest BCUT2D eigenvalue weighted by Crippen LogP contribution is -2.30. The third kappa shape index (κ3) is 2.72. The van der Waals surface area contributed by atoms with Crippen molar-refractivity contribution in [3.05, 3.63) is 46.8 Å². The Labute approximate surface area is 154 Å². The molecule has 2 aliphatic carbocycles. The topological polar surface area (TPSA) is 60.2 Å². The van der Waals surface area contributed by atoms with Crippen molar-refractivity contribution in [3.63, 3.8) is 0 Å². The summed E-state index contributed by atoms with van der Waals surface area (Å²) in [7, 11) is 0. The summed E-state index contributed by atoms with van der Waals surface area (Å²) in [5.74, 6) is -0.823. The van der Waals surface area contributed by atoms with E-state index in [4.69, 9.17) is 5.73 Å². The molecular weight excluding hydrogens is 329 g/mol. The predicted octanol–water partition coefficient (Wildman–Crippen LogP) is 4.57. The first-order chi connectivity index (χ1) is 12.4. The molecule has 1 aromatic carbocycles. The molecule has 4 heteroatoms. The van der Waals surface area contributed by atoms with E-state index in [1.165, 1.54) is 13.0 Å². The summed E-state index contributed by atoms with van der Waals surface area (Å²) in [6, 6.07) is 1.43. The third-order valence-corrected chi connectivity index (χ3v) is 5.93. The SMILES string of the molecule is C=CCc1c(N)c(F)cc2c1CC1(CCCC)CCC(=O)C(C(C)=O)=C21. The highest BCUT2D eigenvalue weighted by molar-refractivity contribution is 6.26. The Kier molecular flexibility index (Phi) is 4.87. The van der Waals surface area contributed by atoms with E-state index >= 15 is 0 Å². The first-order valence-electron chi connectivity index (χ1n) is 9.36. The lowest BCUT2D eigenvalue weighted by atomic mass is 9.66. The number of hydrogen-bond donors (Lipinski definition) is 1. The number of hydrogen-bond acceptors (Lipinski definition) is 3. The lowest BCUT2D eigenvalue weighted by molar-refractivity contribution is -0.121. The summed E-state index contributed by atoms with van der Waals surface area (Å²) in [6.45, 7) is 7.33. The molecule has 2 aliphatic rings. The molecule has 0 radical (unpaired) electrons. The number of rotatable bonds is 6. The van der Waals surface area contributed by atoms with Crippen LogP contribution in [0.25, 0.3) is 5.57 Å². The van der Waals surface area contributed by atoms with Gasteiger partial charge in [-0.3, -0.25) is 9.59 Å². The van der Waals surface area contributed by atoms with E-state index in [2.05, 4.69) is 13.5 Å². The van der Waals surface area contributed by atoms with E-state index in [0.29, 0.717) is 24.8 Å². The standard InChI is InChI=1S/C22H26FNO2/c1-4-6-9-22-10-8-18(26)19(13(3)25)20(22)15-11-17(23)21(24)14(7-5-2)16(15)12-22/h5,11H,2,4,6-10,12,24H2,1,3H3. The van der Waals surface area contributed by atoms with Crippen LogP contribution in [0.5, 0.6) is 0 Å². The highest BCUT2D eigenvalue weighted by Gasteiger charge is 2.48. The normalized spacial score (nSPS) is 21.6. The average molecular weight is 355 g/mol. The fourth-order valence-electron chi connectivity index (χ4n) is 4.73. The van der Waals surface area contributed by atoms with Crippen molar-refractivity contribution < 1.29 is 14.0 Å². The number of nitrogen functional groups attached to an aromatic ring is 1. The fourth-order valence-corrected chi connectivity index (χ4v) is 4.73. The third-order valence-electron chi connectivity index (χ3n) is 5.93. The van der Waals surface area contributed by atoms with E-state index in [0.717, 1.165) is 42.4 Å². The number of ketones is 2. The number of anilines is 1. The molecule has 3 nitrogen and oxygen atoms in total. The van der Waals surface area contributed by atoms with Gasteiger partial charge in [0.15, 0.2) is 11.6 Å². The molecule has 0 fully saturated rings. The quantitative estimate of drug-likeness (QED) is 0.462. The van der Waals surface area contributed by atoms with Crippen LogP contribution in [0, 0.1) is 11.2 Å². The van der Waals surface area contributed by atoms with Gasteiger partial charge >= 0.3 is 0 Å². The van der Waals surface area contributed by atoms with Crippen molar-refractivity contribution in [1.82, 2.24) is 0 Å². The van der Waals surface area contributed by atoms with Gasteiger partial charge in [-0.15, -0.1) is 6.58 Å². The Balaban J connectivity index is 2.33. The van der Waals surface area contributed by atoms with Crippen LogP contribution in [0.2, 0.25) is 0 Å². The lowest BCUT2D eigenvalue weighted by Gasteiger charge is -2.36. The van der Waals surface area contributed by atoms with Crippen LogP contribution in [-0.2, 0) is 22.4 Å². The summed E-state index contributed by atoms with van der Waals surface area (Å²) in [5.41, 5.74) is 9.42. The van der Waals surface area contributed by atoms with Crippen LogP contribution >= 0.6 is 0 Å². The Hall–Kier alpha value is -2.23. The van der Waals surface area contributed by atoms with E-state index in [-0.39, 0.29) is 28.2 Å². The zero-order valence-corrected chi connectivity index (χ0v) is 15.6. The highest BCUT2D eigenvalue weighted by atomic mass is 19.1. The Bertz CT molecular complexity index is 837. The Morgan fingerprint density at radius 1 is 1.46 bits per heavy atom. The molecule has 0 saturated heterocycles. The minimum atomic E-state index is -0.486. The van der Waals surface area contributed by atoms with Crippen molar-refractivity contribution in [2.24, 2.45) is 5.41 Å². The average Bonchev–Trinajstić information content (AvgIpc) is 2.91. The molecule has 0 saturated carbocycles. The maximum atomic E-state index is 14.6. The van der Waals surface area contributed by atoms with Gasteiger partial charge in [0.1, 0.15) is 5.82 Å². The molecule has 0 heterocycles. The summed E-state index contributed by atoms with van der Waals surface area (Å²) in [5, 5.41) is 0. The number of halogens is 1. The van der Waals surface area contributed by atoms with Gasteiger partial charge in [-0.25, -0.2) is 4.39 Å². The summed E-state index contributed by atoms with van der Waals surface area (Å²) >= 11 is 0. The van der Waals surface area contributed by atoms with Crippen LogP contribution in [0.3, 0.4) is 0 Å². The van der Waals surface area contributed by atoms with Crippen molar-refractivity contribution >= 4 is 22.8 Å². The number of benzene rings is 1. The van der Waals surface area contributed by atoms with E-state index in [1.807, 2.05) is 0 Å².